The Kier molecular flexibility index (Phi) is 4.96. The van der Waals surface area contributed by atoms with Crippen LogP contribution in [0.5, 0.6) is 0 Å². The van der Waals surface area contributed by atoms with E-state index in [2.05, 4.69) is 10.6 Å². The van der Waals surface area contributed by atoms with Crippen LogP contribution in [0.15, 0.2) is 30.3 Å². The molecule has 0 heterocycles. The van der Waals surface area contributed by atoms with Crippen LogP contribution in [0, 0.1) is 17.8 Å². The van der Waals surface area contributed by atoms with Crippen LogP contribution < -0.4 is 16.4 Å². The van der Waals surface area contributed by atoms with Gasteiger partial charge < -0.3 is 16.4 Å². The molecule has 2 aliphatic carbocycles. The zero-order chi connectivity index (χ0) is 16.2. The second-order valence-corrected chi connectivity index (χ2v) is 6.74. The second-order valence-electron chi connectivity index (χ2n) is 6.74. The molecule has 1 aromatic carbocycles. The Hall–Kier alpha value is -1.88. The predicted octanol–water partition coefficient (Wildman–Crippen LogP) is 1.18. The lowest BCUT2D eigenvalue weighted by molar-refractivity contribution is -0.127. The summed E-state index contributed by atoms with van der Waals surface area (Å²) in [4.78, 5) is 24.1. The molecule has 2 aliphatic rings. The van der Waals surface area contributed by atoms with Gasteiger partial charge in [-0.3, -0.25) is 9.59 Å². The van der Waals surface area contributed by atoms with Gasteiger partial charge in [0.15, 0.2) is 0 Å². The van der Waals surface area contributed by atoms with Crippen LogP contribution >= 0.6 is 0 Å². The lowest BCUT2D eigenvalue weighted by atomic mass is 9.84. The third-order valence-electron chi connectivity index (χ3n) is 5.27. The molecule has 0 aliphatic heterocycles. The summed E-state index contributed by atoms with van der Waals surface area (Å²) >= 11 is 0. The standard InChI is InChI=1S/C18H25N3O2/c19-17-14-7-6-13(10-14)16(17)18(23)20-9-8-15(22)21-11-12-4-2-1-3-5-12/h1-5,13-14,16-17H,6-11,19H2,(H,20,23)(H,21,22). The van der Waals surface area contributed by atoms with Crippen LogP contribution in [0.2, 0.25) is 0 Å². The summed E-state index contributed by atoms with van der Waals surface area (Å²) < 4.78 is 0. The molecule has 2 fully saturated rings. The lowest BCUT2D eigenvalue weighted by Crippen LogP contribution is -2.45. The number of fused-ring (bicyclic) bond motifs is 2. The van der Waals surface area contributed by atoms with Gasteiger partial charge in [-0.05, 0) is 36.7 Å². The van der Waals surface area contributed by atoms with Crippen molar-refractivity contribution in [2.45, 2.75) is 38.3 Å². The first-order chi connectivity index (χ1) is 11.1. The molecule has 4 unspecified atom stereocenters. The van der Waals surface area contributed by atoms with Crippen molar-refractivity contribution >= 4 is 11.8 Å². The van der Waals surface area contributed by atoms with Gasteiger partial charge in [-0.2, -0.15) is 0 Å². The van der Waals surface area contributed by atoms with E-state index in [9.17, 15) is 9.59 Å². The molecular formula is C18H25N3O2. The lowest BCUT2D eigenvalue weighted by Gasteiger charge is -2.26. The van der Waals surface area contributed by atoms with E-state index in [1.165, 1.54) is 0 Å². The topological polar surface area (TPSA) is 84.2 Å². The quantitative estimate of drug-likeness (QED) is 0.737. The second kappa shape index (κ2) is 7.13. The minimum absolute atomic E-state index is 0.000608. The van der Waals surface area contributed by atoms with Crippen molar-refractivity contribution in [2.24, 2.45) is 23.5 Å². The molecule has 0 spiro atoms. The molecule has 124 valence electrons. The van der Waals surface area contributed by atoms with Crippen molar-refractivity contribution in [1.29, 1.82) is 0 Å². The number of amides is 2. The van der Waals surface area contributed by atoms with Crippen LogP contribution in [-0.2, 0) is 16.1 Å². The molecular weight excluding hydrogens is 290 g/mol. The number of hydrogen-bond donors (Lipinski definition) is 3. The first-order valence-electron chi connectivity index (χ1n) is 8.49. The number of benzene rings is 1. The van der Waals surface area contributed by atoms with Gasteiger partial charge in [0.1, 0.15) is 0 Å². The maximum Gasteiger partial charge on any atom is 0.224 e. The van der Waals surface area contributed by atoms with Gasteiger partial charge >= 0.3 is 0 Å². The van der Waals surface area contributed by atoms with Gasteiger partial charge in [0.05, 0.1) is 5.92 Å². The molecule has 1 aromatic rings. The van der Waals surface area contributed by atoms with Crippen molar-refractivity contribution < 1.29 is 9.59 Å². The van der Waals surface area contributed by atoms with E-state index >= 15 is 0 Å². The molecule has 2 amide bonds. The SMILES string of the molecule is NC1C2CCC(C2)C1C(=O)NCCC(=O)NCc1ccccc1. The molecule has 5 nitrogen and oxygen atoms in total. The van der Waals surface area contributed by atoms with E-state index < -0.39 is 0 Å². The zero-order valence-corrected chi connectivity index (χ0v) is 13.3. The summed E-state index contributed by atoms with van der Waals surface area (Å²) in [6.07, 6.45) is 3.68. The van der Waals surface area contributed by atoms with Gasteiger partial charge in [-0.15, -0.1) is 0 Å². The number of carbonyl (C=O) groups excluding carboxylic acids is 2. The first-order valence-corrected chi connectivity index (χ1v) is 8.49. The third kappa shape index (κ3) is 3.72. The van der Waals surface area contributed by atoms with Crippen molar-refractivity contribution in [3.8, 4) is 0 Å². The maximum atomic E-state index is 12.3. The number of rotatable bonds is 6. The molecule has 0 radical (unpaired) electrons. The van der Waals surface area contributed by atoms with Crippen LogP contribution in [-0.4, -0.2) is 24.4 Å². The normalized spacial score (nSPS) is 28.6. The molecule has 5 heteroatoms. The summed E-state index contributed by atoms with van der Waals surface area (Å²) in [6.45, 7) is 0.894. The Bertz CT molecular complexity index is 559. The smallest absolute Gasteiger partial charge is 0.224 e. The maximum absolute atomic E-state index is 12.3. The third-order valence-corrected chi connectivity index (χ3v) is 5.27. The molecule has 3 rings (SSSR count). The van der Waals surface area contributed by atoms with Crippen LogP contribution in [0.1, 0.15) is 31.2 Å². The average Bonchev–Trinajstić information content (AvgIpc) is 3.15. The van der Waals surface area contributed by atoms with Gasteiger partial charge in [-0.1, -0.05) is 30.3 Å². The summed E-state index contributed by atoms with van der Waals surface area (Å²) in [5, 5.41) is 5.75. The molecule has 23 heavy (non-hydrogen) atoms. The fourth-order valence-corrected chi connectivity index (χ4v) is 4.03. The zero-order valence-electron chi connectivity index (χ0n) is 13.3. The Morgan fingerprint density at radius 1 is 1.09 bits per heavy atom. The van der Waals surface area contributed by atoms with Crippen LogP contribution in [0.25, 0.3) is 0 Å². The molecule has 4 N–H and O–H groups in total. The van der Waals surface area contributed by atoms with Crippen molar-refractivity contribution in [3.05, 3.63) is 35.9 Å². The van der Waals surface area contributed by atoms with Crippen LogP contribution in [0.4, 0.5) is 0 Å². The molecule has 0 saturated heterocycles. The number of nitrogens with one attached hydrogen (secondary N) is 2. The minimum Gasteiger partial charge on any atom is -0.355 e. The summed E-state index contributed by atoms with van der Waals surface area (Å²) in [5.41, 5.74) is 7.24. The van der Waals surface area contributed by atoms with Gasteiger partial charge in [0.2, 0.25) is 11.8 Å². The van der Waals surface area contributed by atoms with E-state index in [4.69, 9.17) is 5.73 Å². The summed E-state index contributed by atoms with van der Waals surface area (Å²) in [7, 11) is 0. The highest BCUT2D eigenvalue weighted by Crippen LogP contribution is 2.47. The molecule has 2 bridgehead atoms. The summed E-state index contributed by atoms with van der Waals surface area (Å²) in [5.74, 6) is 0.889. The molecule has 0 aromatic heterocycles. The van der Waals surface area contributed by atoms with E-state index in [0.29, 0.717) is 31.3 Å². The molecule has 2 saturated carbocycles. The number of nitrogens with two attached hydrogens (primary N) is 1. The average molecular weight is 315 g/mol. The highest BCUT2D eigenvalue weighted by Gasteiger charge is 2.48. The number of carbonyl (C=O) groups is 2. The van der Waals surface area contributed by atoms with E-state index in [1.807, 2.05) is 30.3 Å². The van der Waals surface area contributed by atoms with E-state index in [1.54, 1.807) is 0 Å². The number of hydrogen-bond acceptors (Lipinski definition) is 3. The highest BCUT2D eigenvalue weighted by molar-refractivity contribution is 5.81. The first kappa shape index (κ1) is 16.0. The van der Waals surface area contributed by atoms with Gasteiger partial charge in [0.25, 0.3) is 0 Å². The summed E-state index contributed by atoms with van der Waals surface area (Å²) in [6, 6.07) is 9.78. The van der Waals surface area contributed by atoms with Gasteiger partial charge in [-0.25, -0.2) is 0 Å². The van der Waals surface area contributed by atoms with Gasteiger partial charge in [0, 0.05) is 25.6 Å². The van der Waals surface area contributed by atoms with Crippen molar-refractivity contribution in [2.75, 3.05) is 6.54 Å². The Morgan fingerprint density at radius 2 is 1.83 bits per heavy atom. The van der Waals surface area contributed by atoms with Crippen molar-refractivity contribution in [3.63, 3.8) is 0 Å². The monoisotopic (exact) mass is 315 g/mol. The fraction of sp³-hybridized carbons (Fsp3) is 0.556. The Labute approximate surface area is 137 Å². The molecule has 4 atom stereocenters. The predicted molar refractivity (Wildman–Crippen MR) is 88.2 cm³/mol. The van der Waals surface area contributed by atoms with E-state index in [-0.39, 0.29) is 23.8 Å². The Balaban J connectivity index is 1.36. The largest absolute Gasteiger partial charge is 0.355 e. The minimum atomic E-state index is -0.0545. The highest BCUT2D eigenvalue weighted by atomic mass is 16.2. The fourth-order valence-electron chi connectivity index (χ4n) is 4.03. The Morgan fingerprint density at radius 3 is 2.52 bits per heavy atom. The van der Waals surface area contributed by atoms with Crippen LogP contribution in [0.3, 0.4) is 0 Å². The van der Waals surface area contributed by atoms with E-state index in [0.717, 1.165) is 24.8 Å². The van der Waals surface area contributed by atoms with Crippen molar-refractivity contribution in [1.82, 2.24) is 10.6 Å².